The Balaban J connectivity index is 2.06. The van der Waals surface area contributed by atoms with Gasteiger partial charge < -0.3 is 16.2 Å². The lowest BCUT2D eigenvalue weighted by Gasteiger charge is -2.11. The number of aliphatic hydroxyl groups is 1. The molecule has 4 N–H and O–H groups in total. The van der Waals surface area contributed by atoms with E-state index in [1.807, 2.05) is 42.5 Å². The van der Waals surface area contributed by atoms with Crippen LogP contribution in [-0.4, -0.2) is 23.0 Å². The maximum Gasteiger partial charge on any atom is 0.249 e. The Hall–Kier alpha value is -2.40. The molecule has 0 fully saturated rings. The molecule has 1 unspecified atom stereocenters. The largest absolute Gasteiger partial charge is 0.383 e. The van der Waals surface area contributed by atoms with Crippen molar-refractivity contribution in [3.05, 3.63) is 48.0 Å². The van der Waals surface area contributed by atoms with E-state index in [2.05, 4.69) is 5.32 Å². The number of hydrogen-bond donors (Lipinski definition) is 3. The highest BCUT2D eigenvalue weighted by atomic mass is 16.3. The molecule has 2 amide bonds. The summed E-state index contributed by atoms with van der Waals surface area (Å²) in [4.78, 5) is 22.3. The van der Waals surface area contributed by atoms with Crippen molar-refractivity contribution in [3.8, 4) is 0 Å². The molecule has 1 atom stereocenters. The quantitative estimate of drug-likeness (QED) is 0.747. The maximum absolute atomic E-state index is 11.6. The fourth-order valence-corrected chi connectivity index (χ4v) is 2.03. The first kappa shape index (κ1) is 14.0. The van der Waals surface area contributed by atoms with Gasteiger partial charge in [0, 0.05) is 6.54 Å². The molecule has 0 saturated carbocycles. The van der Waals surface area contributed by atoms with Crippen LogP contribution in [-0.2, 0) is 16.1 Å². The van der Waals surface area contributed by atoms with E-state index >= 15 is 0 Å². The smallest absolute Gasteiger partial charge is 0.249 e. The number of fused-ring (bicyclic) bond motifs is 1. The van der Waals surface area contributed by atoms with Crippen molar-refractivity contribution in [2.24, 2.45) is 5.73 Å². The molecule has 2 rings (SSSR count). The van der Waals surface area contributed by atoms with Crippen LogP contribution in [0.1, 0.15) is 12.0 Å². The van der Waals surface area contributed by atoms with Crippen LogP contribution in [0.4, 0.5) is 0 Å². The predicted octanol–water partition coefficient (Wildman–Crippen LogP) is 0.692. The summed E-state index contributed by atoms with van der Waals surface area (Å²) < 4.78 is 0. The lowest BCUT2D eigenvalue weighted by molar-refractivity contribution is -0.133. The number of primary amides is 1. The van der Waals surface area contributed by atoms with Crippen LogP contribution in [0.3, 0.4) is 0 Å². The van der Waals surface area contributed by atoms with E-state index in [0.29, 0.717) is 0 Å². The van der Waals surface area contributed by atoms with Crippen LogP contribution in [0.15, 0.2) is 42.5 Å². The Morgan fingerprint density at radius 1 is 1.15 bits per heavy atom. The molecule has 0 saturated heterocycles. The SMILES string of the molecule is NC(=O)CC(O)C(=O)NCc1cccc2ccccc12. The summed E-state index contributed by atoms with van der Waals surface area (Å²) in [5.74, 6) is -1.31. The van der Waals surface area contributed by atoms with Crippen LogP contribution >= 0.6 is 0 Å². The van der Waals surface area contributed by atoms with Crippen LogP contribution in [0.5, 0.6) is 0 Å². The molecule has 20 heavy (non-hydrogen) atoms. The molecule has 0 spiro atoms. The number of amides is 2. The first-order valence-corrected chi connectivity index (χ1v) is 6.28. The fraction of sp³-hybridized carbons (Fsp3) is 0.200. The summed E-state index contributed by atoms with van der Waals surface area (Å²) in [5.41, 5.74) is 5.88. The van der Waals surface area contributed by atoms with Crippen LogP contribution in [0.2, 0.25) is 0 Å². The van der Waals surface area contributed by atoms with Gasteiger partial charge in [-0.15, -0.1) is 0 Å². The van der Waals surface area contributed by atoms with Gasteiger partial charge in [0.25, 0.3) is 0 Å². The minimum atomic E-state index is -1.40. The Labute approximate surface area is 116 Å². The van der Waals surface area contributed by atoms with Gasteiger partial charge in [-0.05, 0) is 16.3 Å². The van der Waals surface area contributed by atoms with Crippen LogP contribution < -0.4 is 11.1 Å². The van der Waals surface area contributed by atoms with E-state index in [1.165, 1.54) is 0 Å². The highest BCUT2D eigenvalue weighted by Gasteiger charge is 2.17. The van der Waals surface area contributed by atoms with E-state index in [4.69, 9.17) is 5.73 Å². The molecule has 5 heteroatoms. The number of aliphatic hydroxyl groups excluding tert-OH is 1. The molecule has 0 aliphatic carbocycles. The molecule has 0 radical (unpaired) electrons. The highest BCUT2D eigenvalue weighted by Crippen LogP contribution is 2.18. The molecule has 0 aliphatic heterocycles. The Kier molecular flexibility index (Phi) is 4.32. The van der Waals surface area contributed by atoms with Crippen molar-refractivity contribution in [3.63, 3.8) is 0 Å². The van der Waals surface area contributed by atoms with E-state index in [9.17, 15) is 14.7 Å². The summed E-state index contributed by atoms with van der Waals surface area (Å²) in [6.07, 6.45) is -1.77. The van der Waals surface area contributed by atoms with Gasteiger partial charge in [-0.2, -0.15) is 0 Å². The molecular formula is C15H16N2O3. The summed E-state index contributed by atoms with van der Waals surface area (Å²) in [6, 6.07) is 13.6. The second kappa shape index (κ2) is 6.16. The van der Waals surface area contributed by atoms with Crippen LogP contribution in [0, 0.1) is 0 Å². The maximum atomic E-state index is 11.6. The van der Waals surface area contributed by atoms with E-state index < -0.39 is 17.9 Å². The van der Waals surface area contributed by atoms with E-state index in [-0.39, 0.29) is 13.0 Å². The van der Waals surface area contributed by atoms with Crippen molar-refractivity contribution in [2.75, 3.05) is 0 Å². The van der Waals surface area contributed by atoms with Gasteiger partial charge in [0.1, 0.15) is 6.10 Å². The minimum Gasteiger partial charge on any atom is -0.383 e. The standard InChI is InChI=1S/C15H16N2O3/c16-14(19)8-13(18)15(20)17-9-11-6-3-5-10-4-1-2-7-12(10)11/h1-7,13,18H,8-9H2,(H2,16,19)(H,17,20). The Bertz CT molecular complexity index is 635. The normalized spacial score (nSPS) is 12.1. The highest BCUT2D eigenvalue weighted by molar-refractivity contribution is 5.88. The third-order valence-electron chi connectivity index (χ3n) is 3.03. The number of carbonyl (C=O) groups excluding carboxylic acids is 2. The van der Waals surface area contributed by atoms with Crippen molar-refractivity contribution in [2.45, 2.75) is 19.1 Å². The second-order valence-corrected chi connectivity index (χ2v) is 4.54. The third kappa shape index (κ3) is 3.33. The zero-order chi connectivity index (χ0) is 14.5. The lowest BCUT2D eigenvalue weighted by atomic mass is 10.0. The van der Waals surface area contributed by atoms with Gasteiger partial charge in [-0.3, -0.25) is 9.59 Å². The monoisotopic (exact) mass is 272 g/mol. The summed E-state index contributed by atoms with van der Waals surface area (Å²) in [5, 5.41) is 14.2. The number of nitrogens with two attached hydrogens (primary N) is 1. The van der Waals surface area contributed by atoms with Gasteiger partial charge in [0.2, 0.25) is 11.8 Å². The number of benzene rings is 2. The van der Waals surface area contributed by atoms with E-state index in [0.717, 1.165) is 16.3 Å². The van der Waals surface area contributed by atoms with Gasteiger partial charge in [-0.25, -0.2) is 0 Å². The van der Waals surface area contributed by atoms with Crippen LogP contribution in [0.25, 0.3) is 10.8 Å². The average molecular weight is 272 g/mol. The topological polar surface area (TPSA) is 92.4 Å². The molecular weight excluding hydrogens is 256 g/mol. The molecule has 0 aromatic heterocycles. The van der Waals surface area contributed by atoms with Crippen molar-refractivity contribution in [1.82, 2.24) is 5.32 Å². The minimum absolute atomic E-state index is 0.288. The molecule has 2 aromatic carbocycles. The second-order valence-electron chi connectivity index (χ2n) is 4.54. The fourth-order valence-electron chi connectivity index (χ4n) is 2.03. The summed E-state index contributed by atoms with van der Waals surface area (Å²) in [6.45, 7) is 0.288. The average Bonchev–Trinajstić information content (AvgIpc) is 2.44. The molecule has 0 bridgehead atoms. The Morgan fingerprint density at radius 2 is 1.85 bits per heavy atom. The van der Waals surface area contributed by atoms with Crippen molar-refractivity contribution in [1.29, 1.82) is 0 Å². The van der Waals surface area contributed by atoms with Gasteiger partial charge in [0.15, 0.2) is 0 Å². The molecule has 0 heterocycles. The van der Waals surface area contributed by atoms with E-state index in [1.54, 1.807) is 0 Å². The molecule has 104 valence electrons. The number of nitrogens with one attached hydrogen (secondary N) is 1. The lowest BCUT2D eigenvalue weighted by Crippen LogP contribution is -2.36. The Morgan fingerprint density at radius 3 is 2.60 bits per heavy atom. The van der Waals surface area contributed by atoms with Gasteiger partial charge in [0.05, 0.1) is 6.42 Å². The molecule has 2 aromatic rings. The summed E-state index contributed by atoms with van der Waals surface area (Å²) >= 11 is 0. The van der Waals surface area contributed by atoms with Crippen molar-refractivity contribution >= 4 is 22.6 Å². The third-order valence-corrected chi connectivity index (χ3v) is 3.03. The van der Waals surface area contributed by atoms with Crippen molar-refractivity contribution < 1.29 is 14.7 Å². The number of rotatable bonds is 5. The number of carbonyl (C=O) groups is 2. The van der Waals surface area contributed by atoms with Gasteiger partial charge >= 0.3 is 0 Å². The zero-order valence-electron chi connectivity index (χ0n) is 10.9. The first-order valence-electron chi connectivity index (χ1n) is 6.28. The predicted molar refractivity (Wildman–Crippen MR) is 75.6 cm³/mol. The number of hydrogen-bond acceptors (Lipinski definition) is 3. The zero-order valence-corrected chi connectivity index (χ0v) is 10.9. The molecule has 5 nitrogen and oxygen atoms in total. The van der Waals surface area contributed by atoms with Gasteiger partial charge in [-0.1, -0.05) is 42.5 Å². The molecule has 0 aliphatic rings. The first-order chi connectivity index (χ1) is 9.58. The summed E-state index contributed by atoms with van der Waals surface area (Å²) in [7, 11) is 0.